The fourth-order valence-corrected chi connectivity index (χ4v) is 1.77. The summed E-state index contributed by atoms with van der Waals surface area (Å²) in [7, 11) is 1.77. The zero-order chi connectivity index (χ0) is 7.02. The smallest absolute Gasteiger partial charge is 0.239 e. The first-order valence-corrected chi connectivity index (χ1v) is 3.63. The van der Waals surface area contributed by atoms with Crippen LogP contribution in [0.1, 0.15) is 0 Å². The fraction of sp³-hybridized carbons (Fsp3) is 0.500. The van der Waals surface area contributed by atoms with E-state index in [0.29, 0.717) is 0 Å². The summed E-state index contributed by atoms with van der Waals surface area (Å²) in [4.78, 5) is 12.4. The largest absolute Gasteiger partial charge is 0.337 e. The molecular formula is C6H8BrNO. The van der Waals surface area contributed by atoms with Crippen LogP contribution < -0.4 is 0 Å². The summed E-state index contributed by atoms with van der Waals surface area (Å²) in [5.74, 6) is 0.139. The van der Waals surface area contributed by atoms with Gasteiger partial charge in [-0.3, -0.25) is 4.79 Å². The molecule has 0 N–H and O–H groups in total. The molecule has 2 unspecified atom stereocenters. The highest BCUT2D eigenvalue weighted by atomic mass is 79.9. The van der Waals surface area contributed by atoms with E-state index in [1.807, 2.05) is 0 Å². The molecule has 3 heteroatoms. The quantitative estimate of drug-likeness (QED) is 0.340. The van der Waals surface area contributed by atoms with Crippen molar-refractivity contribution in [1.29, 1.82) is 0 Å². The number of hydrogen-bond acceptors (Lipinski definition) is 1. The summed E-state index contributed by atoms with van der Waals surface area (Å²) in [6.45, 7) is 3.59. The summed E-state index contributed by atoms with van der Waals surface area (Å²) in [6, 6.07) is 0.192. The van der Waals surface area contributed by atoms with E-state index >= 15 is 0 Å². The number of alkyl halides is 1. The maximum Gasteiger partial charge on any atom is 0.239 e. The number of amides is 1. The summed E-state index contributed by atoms with van der Waals surface area (Å²) >= 11 is 3.23. The van der Waals surface area contributed by atoms with Gasteiger partial charge in [-0.05, 0) is 0 Å². The predicted octanol–water partition coefficient (Wildman–Crippen LogP) is 0.777. The fourth-order valence-electron chi connectivity index (χ4n) is 0.879. The molecule has 1 aliphatic heterocycles. The molecule has 1 rings (SSSR count). The summed E-state index contributed by atoms with van der Waals surface area (Å²) in [5, 5.41) is 0. The summed E-state index contributed by atoms with van der Waals surface area (Å²) < 4.78 is 0. The highest BCUT2D eigenvalue weighted by Crippen LogP contribution is 2.24. The Kier molecular flexibility index (Phi) is 1.62. The molecule has 1 fully saturated rings. The first-order chi connectivity index (χ1) is 4.18. The average Bonchev–Trinajstić information content (AvgIpc) is 1.89. The molecule has 0 aromatic rings. The van der Waals surface area contributed by atoms with E-state index in [9.17, 15) is 4.79 Å². The van der Waals surface area contributed by atoms with Crippen LogP contribution in [0, 0.1) is 0 Å². The number of likely N-dealkylation sites (N-methyl/N-ethyl adjacent to an activating group) is 1. The third kappa shape index (κ3) is 0.796. The highest BCUT2D eigenvalue weighted by molar-refractivity contribution is 9.10. The van der Waals surface area contributed by atoms with Crippen molar-refractivity contribution >= 4 is 21.8 Å². The van der Waals surface area contributed by atoms with Gasteiger partial charge in [-0.25, -0.2) is 0 Å². The summed E-state index contributed by atoms with van der Waals surface area (Å²) in [6.07, 6.45) is 1.76. The van der Waals surface area contributed by atoms with E-state index in [1.165, 1.54) is 0 Å². The third-order valence-corrected chi connectivity index (χ3v) is 2.51. The molecule has 0 saturated carbocycles. The minimum Gasteiger partial charge on any atom is -0.337 e. The van der Waals surface area contributed by atoms with Gasteiger partial charge in [-0.15, -0.1) is 6.58 Å². The molecule has 9 heavy (non-hydrogen) atoms. The second-order valence-corrected chi connectivity index (χ2v) is 3.06. The lowest BCUT2D eigenvalue weighted by atomic mass is 10.0. The van der Waals surface area contributed by atoms with Crippen LogP contribution in [0.25, 0.3) is 0 Å². The SMILES string of the molecule is C=CC1C(Br)C(=O)N1C. The lowest BCUT2D eigenvalue weighted by Crippen LogP contribution is -2.58. The molecule has 1 aliphatic rings. The van der Waals surface area contributed by atoms with Crippen molar-refractivity contribution in [2.45, 2.75) is 10.9 Å². The molecule has 2 atom stereocenters. The number of β-lactam (4-membered cyclic amide) rings is 1. The zero-order valence-corrected chi connectivity index (χ0v) is 6.76. The second-order valence-electron chi connectivity index (χ2n) is 2.08. The molecule has 0 spiro atoms. The van der Waals surface area contributed by atoms with Gasteiger partial charge in [0.2, 0.25) is 5.91 Å². The molecule has 2 nitrogen and oxygen atoms in total. The van der Waals surface area contributed by atoms with Gasteiger partial charge in [0.1, 0.15) is 4.83 Å². The minimum atomic E-state index is -0.0278. The number of carbonyl (C=O) groups excluding carboxylic acids is 1. The van der Waals surface area contributed by atoms with E-state index in [4.69, 9.17) is 0 Å². The van der Waals surface area contributed by atoms with Crippen molar-refractivity contribution in [2.24, 2.45) is 0 Å². The lowest BCUT2D eigenvalue weighted by molar-refractivity contribution is -0.139. The van der Waals surface area contributed by atoms with Gasteiger partial charge in [0, 0.05) is 7.05 Å². The first kappa shape index (κ1) is 6.81. The topological polar surface area (TPSA) is 20.3 Å². The molecule has 0 aromatic carbocycles. The molecule has 0 bridgehead atoms. The highest BCUT2D eigenvalue weighted by Gasteiger charge is 2.40. The molecule has 1 heterocycles. The van der Waals surface area contributed by atoms with Crippen molar-refractivity contribution in [1.82, 2.24) is 4.90 Å². The van der Waals surface area contributed by atoms with E-state index in [-0.39, 0.29) is 16.8 Å². The molecule has 50 valence electrons. The van der Waals surface area contributed by atoms with Crippen molar-refractivity contribution < 1.29 is 4.79 Å². The van der Waals surface area contributed by atoms with Gasteiger partial charge in [0.05, 0.1) is 6.04 Å². The Morgan fingerprint density at radius 1 is 1.89 bits per heavy atom. The molecule has 0 aromatic heterocycles. The van der Waals surface area contributed by atoms with Crippen molar-refractivity contribution in [3.05, 3.63) is 12.7 Å². The molecular weight excluding hydrogens is 182 g/mol. The van der Waals surface area contributed by atoms with Crippen molar-refractivity contribution in [3.8, 4) is 0 Å². The zero-order valence-electron chi connectivity index (χ0n) is 5.17. The number of nitrogens with zero attached hydrogens (tertiary/aromatic N) is 1. The Hall–Kier alpha value is -0.310. The van der Waals surface area contributed by atoms with Crippen LogP contribution in [0.5, 0.6) is 0 Å². The van der Waals surface area contributed by atoms with Crippen LogP contribution in [0.4, 0.5) is 0 Å². The van der Waals surface area contributed by atoms with E-state index in [0.717, 1.165) is 0 Å². The van der Waals surface area contributed by atoms with E-state index < -0.39 is 0 Å². The van der Waals surface area contributed by atoms with Crippen molar-refractivity contribution in [2.75, 3.05) is 7.05 Å². The molecule has 0 radical (unpaired) electrons. The van der Waals surface area contributed by atoms with Gasteiger partial charge in [-0.1, -0.05) is 22.0 Å². The van der Waals surface area contributed by atoms with Crippen LogP contribution in [0.3, 0.4) is 0 Å². The standard InChI is InChI=1S/C6H8BrNO/c1-3-4-5(7)6(9)8(4)2/h3-5H,1H2,2H3. The summed E-state index contributed by atoms with van der Waals surface area (Å²) in [5.41, 5.74) is 0. The van der Waals surface area contributed by atoms with Crippen molar-refractivity contribution in [3.63, 3.8) is 0 Å². The van der Waals surface area contributed by atoms with E-state index in [2.05, 4.69) is 22.5 Å². The number of hydrogen-bond donors (Lipinski definition) is 0. The number of rotatable bonds is 1. The van der Waals surface area contributed by atoms with Gasteiger partial charge < -0.3 is 4.90 Å². The van der Waals surface area contributed by atoms with Crippen LogP contribution in [0.15, 0.2) is 12.7 Å². The predicted molar refractivity (Wildman–Crippen MR) is 39.5 cm³/mol. The Morgan fingerprint density at radius 2 is 2.44 bits per heavy atom. The average molecular weight is 190 g/mol. The maximum absolute atomic E-state index is 10.8. The Morgan fingerprint density at radius 3 is 2.67 bits per heavy atom. The van der Waals surface area contributed by atoms with Crippen LogP contribution in [-0.2, 0) is 4.79 Å². The van der Waals surface area contributed by atoms with Crippen LogP contribution in [-0.4, -0.2) is 28.7 Å². The Bertz CT molecular complexity index is 145. The molecule has 1 saturated heterocycles. The van der Waals surface area contributed by atoms with E-state index in [1.54, 1.807) is 18.0 Å². The van der Waals surface area contributed by atoms with Crippen LogP contribution >= 0.6 is 15.9 Å². The number of halogens is 1. The second kappa shape index (κ2) is 2.14. The normalized spacial score (nSPS) is 34.0. The monoisotopic (exact) mass is 189 g/mol. The number of likely N-dealkylation sites (tertiary alicyclic amines) is 1. The third-order valence-electron chi connectivity index (χ3n) is 1.57. The lowest BCUT2D eigenvalue weighted by Gasteiger charge is -2.39. The first-order valence-electron chi connectivity index (χ1n) is 2.71. The Labute approximate surface area is 62.7 Å². The minimum absolute atomic E-state index is 0.0278. The molecule has 0 aliphatic carbocycles. The van der Waals surface area contributed by atoms with Crippen LogP contribution in [0.2, 0.25) is 0 Å². The van der Waals surface area contributed by atoms with Gasteiger partial charge >= 0.3 is 0 Å². The maximum atomic E-state index is 10.8. The Balaban J connectivity index is 2.61. The number of carbonyl (C=O) groups is 1. The van der Waals surface area contributed by atoms with Gasteiger partial charge in [0.15, 0.2) is 0 Å². The van der Waals surface area contributed by atoms with Gasteiger partial charge in [-0.2, -0.15) is 0 Å². The molecule has 1 amide bonds. The van der Waals surface area contributed by atoms with Gasteiger partial charge in [0.25, 0.3) is 0 Å².